The lowest BCUT2D eigenvalue weighted by Gasteiger charge is -2.10. The Kier molecular flexibility index (Phi) is 4.94. The Morgan fingerprint density at radius 3 is 2.45 bits per heavy atom. The lowest BCUT2D eigenvalue weighted by molar-refractivity contribution is 0.102. The molecule has 0 spiro atoms. The van der Waals surface area contributed by atoms with Gasteiger partial charge in [-0.05, 0) is 56.2 Å². The van der Waals surface area contributed by atoms with E-state index in [1.807, 2.05) is 20.8 Å². The van der Waals surface area contributed by atoms with Crippen molar-refractivity contribution in [2.24, 2.45) is 0 Å². The molecule has 0 saturated heterocycles. The molecule has 2 rings (SSSR count). The number of thioether (sulfide) groups is 1. The van der Waals surface area contributed by atoms with Gasteiger partial charge in [0.25, 0.3) is 0 Å². The van der Waals surface area contributed by atoms with E-state index in [0.29, 0.717) is 16.2 Å². The molecule has 0 N–H and O–H groups in total. The first kappa shape index (κ1) is 16.2. The van der Waals surface area contributed by atoms with E-state index >= 15 is 0 Å². The van der Waals surface area contributed by atoms with Crippen LogP contribution in [0, 0.1) is 37.9 Å². The Bertz CT molecular complexity index is 764. The second kappa shape index (κ2) is 6.71. The van der Waals surface area contributed by atoms with Gasteiger partial charge in [-0.25, -0.2) is 9.37 Å². The molecule has 0 aliphatic carbocycles. The molecule has 0 saturated carbocycles. The average molecular weight is 314 g/mol. The van der Waals surface area contributed by atoms with Crippen molar-refractivity contribution in [2.45, 2.75) is 25.8 Å². The van der Waals surface area contributed by atoms with E-state index in [9.17, 15) is 14.4 Å². The van der Waals surface area contributed by atoms with E-state index in [1.54, 1.807) is 0 Å². The summed E-state index contributed by atoms with van der Waals surface area (Å²) >= 11 is 1.24. The van der Waals surface area contributed by atoms with Crippen LogP contribution in [0.4, 0.5) is 4.39 Å². The molecule has 0 aliphatic heterocycles. The van der Waals surface area contributed by atoms with Crippen LogP contribution < -0.4 is 0 Å². The Labute approximate surface area is 133 Å². The number of aromatic nitrogens is 1. The molecule has 1 heterocycles. The molecule has 1 aromatic carbocycles. The standard InChI is InChI=1S/C17H15FN2OS/c1-10-11(2)15(8-19)17(20-12(10)3)22-9-16(21)13-4-6-14(18)7-5-13/h4-7H,9H2,1-3H3. The fourth-order valence-electron chi connectivity index (χ4n) is 2.00. The predicted octanol–water partition coefficient (Wildman–Crippen LogP) is 3.99. The molecule has 22 heavy (non-hydrogen) atoms. The zero-order chi connectivity index (χ0) is 16.3. The fourth-order valence-corrected chi connectivity index (χ4v) is 2.98. The molecule has 0 aliphatic rings. The summed E-state index contributed by atoms with van der Waals surface area (Å²) in [6.07, 6.45) is 0. The van der Waals surface area contributed by atoms with Crippen LogP contribution in [-0.2, 0) is 0 Å². The highest BCUT2D eigenvalue weighted by Crippen LogP contribution is 2.26. The van der Waals surface area contributed by atoms with Crippen molar-refractivity contribution in [3.8, 4) is 6.07 Å². The van der Waals surface area contributed by atoms with Crippen molar-refractivity contribution in [3.63, 3.8) is 0 Å². The second-order valence-corrected chi connectivity index (χ2v) is 5.92. The van der Waals surface area contributed by atoms with Crippen LogP contribution in [0.3, 0.4) is 0 Å². The summed E-state index contributed by atoms with van der Waals surface area (Å²) in [5.74, 6) is -0.330. The van der Waals surface area contributed by atoms with Gasteiger partial charge in [0.15, 0.2) is 5.78 Å². The van der Waals surface area contributed by atoms with Gasteiger partial charge in [0, 0.05) is 11.3 Å². The van der Waals surface area contributed by atoms with Gasteiger partial charge in [0.1, 0.15) is 16.9 Å². The number of hydrogen-bond acceptors (Lipinski definition) is 4. The number of carbonyl (C=O) groups excluding carboxylic acids is 1. The largest absolute Gasteiger partial charge is 0.293 e. The van der Waals surface area contributed by atoms with Crippen LogP contribution in [0.5, 0.6) is 0 Å². The Balaban J connectivity index is 2.20. The summed E-state index contributed by atoms with van der Waals surface area (Å²) in [5.41, 5.74) is 3.71. The molecule has 112 valence electrons. The van der Waals surface area contributed by atoms with Gasteiger partial charge in [-0.1, -0.05) is 11.8 Å². The van der Waals surface area contributed by atoms with E-state index in [4.69, 9.17) is 0 Å². The summed E-state index contributed by atoms with van der Waals surface area (Å²) < 4.78 is 12.9. The maximum atomic E-state index is 12.9. The fraction of sp³-hybridized carbons (Fsp3) is 0.235. The number of aryl methyl sites for hydroxylation is 1. The van der Waals surface area contributed by atoms with Crippen molar-refractivity contribution in [3.05, 3.63) is 58.0 Å². The van der Waals surface area contributed by atoms with Crippen molar-refractivity contribution >= 4 is 17.5 Å². The molecule has 0 bridgehead atoms. The van der Waals surface area contributed by atoms with Gasteiger partial charge >= 0.3 is 0 Å². The first-order valence-corrected chi connectivity index (χ1v) is 7.72. The molecule has 3 nitrogen and oxygen atoms in total. The van der Waals surface area contributed by atoms with Crippen LogP contribution in [0.15, 0.2) is 29.3 Å². The number of nitriles is 1. The average Bonchev–Trinajstić information content (AvgIpc) is 2.51. The number of benzene rings is 1. The van der Waals surface area contributed by atoms with Crippen LogP contribution >= 0.6 is 11.8 Å². The normalized spacial score (nSPS) is 10.3. The minimum absolute atomic E-state index is 0.119. The van der Waals surface area contributed by atoms with Crippen molar-refractivity contribution in [2.75, 3.05) is 5.75 Å². The highest BCUT2D eigenvalue weighted by Gasteiger charge is 2.15. The number of carbonyl (C=O) groups is 1. The monoisotopic (exact) mass is 314 g/mol. The molecule has 0 fully saturated rings. The van der Waals surface area contributed by atoms with E-state index in [2.05, 4.69) is 11.1 Å². The first-order valence-electron chi connectivity index (χ1n) is 6.73. The van der Waals surface area contributed by atoms with E-state index in [-0.39, 0.29) is 17.4 Å². The lowest BCUT2D eigenvalue weighted by Crippen LogP contribution is -2.05. The van der Waals surface area contributed by atoms with Gasteiger partial charge in [-0.3, -0.25) is 4.79 Å². The zero-order valence-corrected chi connectivity index (χ0v) is 13.4. The summed E-state index contributed by atoms with van der Waals surface area (Å²) in [6, 6.07) is 7.60. The SMILES string of the molecule is Cc1nc(SCC(=O)c2ccc(F)cc2)c(C#N)c(C)c1C. The molecular weight excluding hydrogens is 299 g/mol. The van der Waals surface area contributed by atoms with E-state index in [0.717, 1.165) is 16.8 Å². The van der Waals surface area contributed by atoms with Gasteiger partial charge in [0.2, 0.25) is 0 Å². The minimum Gasteiger partial charge on any atom is -0.293 e. The minimum atomic E-state index is -0.373. The highest BCUT2D eigenvalue weighted by atomic mass is 32.2. The van der Waals surface area contributed by atoms with E-state index < -0.39 is 0 Å². The second-order valence-electron chi connectivity index (χ2n) is 4.96. The number of nitrogens with zero attached hydrogens (tertiary/aromatic N) is 2. The van der Waals surface area contributed by atoms with Crippen LogP contribution in [0.2, 0.25) is 0 Å². The van der Waals surface area contributed by atoms with Crippen molar-refractivity contribution < 1.29 is 9.18 Å². The number of hydrogen-bond donors (Lipinski definition) is 0. The molecule has 0 amide bonds. The Morgan fingerprint density at radius 2 is 1.86 bits per heavy atom. The zero-order valence-electron chi connectivity index (χ0n) is 12.6. The summed E-state index contributed by atoms with van der Waals surface area (Å²) in [5, 5.41) is 9.87. The smallest absolute Gasteiger partial charge is 0.173 e. The third-order valence-electron chi connectivity index (χ3n) is 3.58. The lowest BCUT2D eigenvalue weighted by atomic mass is 10.1. The van der Waals surface area contributed by atoms with Crippen LogP contribution in [0.25, 0.3) is 0 Å². The highest BCUT2D eigenvalue weighted by molar-refractivity contribution is 8.00. The number of rotatable bonds is 4. The van der Waals surface area contributed by atoms with Crippen LogP contribution in [-0.4, -0.2) is 16.5 Å². The summed E-state index contributed by atoms with van der Waals surface area (Å²) in [6.45, 7) is 5.69. The van der Waals surface area contributed by atoms with E-state index in [1.165, 1.54) is 36.0 Å². The Hall–Kier alpha value is -2.19. The first-order chi connectivity index (χ1) is 10.4. The van der Waals surface area contributed by atoms with Gasteiger partial charge < -0.3 is 0 Å². The van der Waals surface area contributed by atoms with Gasteiger partial charge in [0.05, 0.1) is 11.3 Å². The number of ketones is 1. The number of pyridine rings is 1. The maximum absolute atomic E-state index is 12.9. The maximum Gasteiger partial charge on any atom is 0.173 e. The van der Waals surface area contributed by atoms with Gasteiger partial charge in [-0.2, -0.15) is 5.26 Å². The summed E-state index contributed by atoms with van der Waals surface area (Å²) in [7, 11) is 0. The number of Topliss-reactive ketones (excluding diaryl/α,β-unsaturated/α-hetero) is 1. The third kappa shape index (κ3) is 3.34. The predicted molar refractivity (Wildman–Crippen MR) is 84.6 cm³/mol. The molecule has 5 heteroatoms. The van der Waals surface area contributed by atoms with Crippen LogP contribution in [0.1, 0.15) is 32.7 Å². The van der Waals surface area contributed by atoms with Crippen molar-refractivity contribution in [1.29, 1.82) is 5.26 Å². The van der Waals surface area contributed by atoms with Crippen molar-refractivity contribution in [1.82, 2.24) is 4.98 Å². The molecule has 1 aromatic heterocycles. The molecular formula is C17H15FN2OS. The summed E-state index contributed by atoms with van der Waals surface area (Å²) in [4.78, 5) is 16.5. The molecule has 2 aromatic rings. The quantitative estimate of drug-likeness (QED) is 0.632. The third-order valence-corrected chi connectivity index (χ3v) is 4.56. The molecule has 0 radical (unpaired) electrons. The Morgan fingerprint density at radius 1 is 1.23 bits per heavy atom. The number of halogens is 1. The molecule has 0 unspecified atom stereocenters. The molecule has 0 atom stereocenters. The topological polar surface area (TPSA) is 53.8 Å². The van der Waals surface area contributed by atoms with Gasteiger partial charge in [-0.15, -0.1) is 0 Å².